The fourth-order valence-corrected chi connectivity index (χ4v) is 4.54. The second-order valence-corrected chi connectivity index (χ2v) is 10.3. The number of nitrogens with one attached hydrogen (secondary N) is 1. The molecule has 1 aromatic carbocycles. The number of aromatic nitrogens is 3. The van der Waals surface area contributed by atoms with Crippen LogP contribution in [-0.2, 0) is 17.1 Å². The summed E-state index contributed by atoms with van der Waals surface area (Å²) in [5, 5.41) is 0.0157. The summed E-state index contributed by atoms with van der Waals surface area (Å²) in [7, 11) is 1.64. The van der Waals surface area contributed by atoms with Crippen LogP contribution in [0.25, 0.3) is 27.7 Å². The molecule has 0 saturated carbocycles. The number of amides is 1. The molecule has 236 valence electrons. The topological polar surface area (TPSA) is 65.1 Å². The Balaban J connectivity index is 0.000000269. The van der Waals surface area contributed by atoms with Crippen molar-refractivity contribution in [2.75, 3.05) is 25.0 Å². The first-order valence-corrected chi connectivity index (χ1v) is 13.9. The molecule has 0 radical (unpaired) electrons. The van der Waals surface area contributed by atoms with Crippen LogP contribution in [0.2, 0.25) is 0 Å². The maximum atomic E-state index is 13.1. The monoisotopic (exact) mass is 619 g/mol. The van der Waals surface area contributed by atoms with E-state index in [2.05, 4.69) is 15.0 Å². The van der Waals surface area contributed by atoms with Gasteiger partial charge in [0.25, 0.3) is 0 Å². The molecule has 0 aliphatic heterocycles. The van der Waals surface area contributed by atoms with Crippen molar-refractivity contribution in [3.8, 4) is 11.1 Å². The standard InChI is InChI=1S/C19H17F3N4O.C13H18F3N/c1-11(10-26(3)12(2)27)17-7-13(4-5-23-17)14-6-15-16(19(20,21)22)9-25-18(15)24-8-14;1-4-8-17(5-2)12-7-6-10(3)9-11(12)13(14,15)16/h4-10H,1-3H3,(H,24,25);6-7,9H,4-5,8H2,1-3H3/b11-10+;. The summed E-state index contributed by atoms with van der Waals surface area (Å²) in [6.45, 7) is 9.99. The maximum Gasteiger partial charge on any atom is 0.418 e. The van der Waals surface area contributed by atoms with Gasteiger partial charge in [0, 0.05) is 68.5 Å². The first-order chi connectivity index (χ1) is 20.6. The lowest BCUT2D eigenvalue weighted by molar-refractivity contribution is -0.137. The van der Waals surface area contributed by atoms with Gasteiger partial charge in [0.05, 0.1) is 16.8 Å². The lowest BCUT2D eigenvalue weighted by Crippen LogP contribution is -2.26. The van der Waals surface area contributed by atoms with Gasteiger partial charge in [0.15, 0.2) is 0 Å². The van der Waals surface area contributed by atoms with Gasteiger partial charge in [-0.25, -0.2) is 4.98 Å². The Hall–Kier alpha value is -4.35. The molecule has 0 unspecified atom stereocenters. The number of nitrogens with zero attached hydrogens (tertiary/aromatic N) is 4. The molecule has 0 spiro atoms. The summed E-state index contributed by atoms with van der Waals surface area (Å²) in [4.78, 5) is 25.5. The summed E-state index contributed by atoms with van der Waals surface area (Å²) in [6.07, 6.45) is -2.26. The quantitative estimate of drug-likeness (QED) is 0.210. The van der Waals surface area contributed by atoms with Crippen molar-refractivity contribution in [1.29, 1.82) is 0 Å². The van der Waals surface area contributed by atoms with E-state index < -0.39 is 23.5 Å². The highest BCUT2D eigenvalue weighted by molar-refractivity contribution is 5.85. The number of aryl methyl sites for hydroxylation is 1. The minimum atomic E-state index is -4.46. The molecule has 0 aliphatic carbocycles. The number of alkyl halides is 6. The SMILES string of the molecule is CC(=O)N(C)/C=C(\C)c1cc(-c2cnc3[nH]cc(C(F)(F)F)c3c2)ccn1.CCCN(CC)c1ccc(C)cc1C(F)(F)F. The second-order valence-electron chi connectivity index (χ2n) is 10.3. The molecule has 1 N–H and O–H groups in total. The van der Waals surface area contributed by atoms with Gasteiger partial charge in [-0.05, 0) is 68.7 Å². The molecule has 3 heterocycles. The number of rotatable bonds is 7. The maximum absolute atomic E-state index is 13.1. The lowest BCUT2D eigenvalue weighted by Gasteiger charge is -2.26. The van der Waals surface area contributed by atoms with E-state index in [9.17, 15) is 31.1 Å². The number of allylic oxidation sites excluding steroid dienone is 1. The third-order valence-electron chi connectivity index (χ3n) is 6.89. The summed E-state index contributed by atoms with van der Waals surface area (Å²) < 4.78 is 78.2. The number of halogens is 6. The minimum absolute atomic E-state index is 0.0157. The Bertz CT molecular complexity index is 1620. The fourth-order valence-electron chi connectivity index (χ4n) is 4.54. The Morgan fingerprint density at radius 1 is 0.932 bits per heavy atom. The molecule has 0 fully saturated rings. The highest BCUT2D eigenvalue weighted by atomic mass is 19.4. The summed E-state index contributed by atoms with van der Waals surface area (Å²) >= 11 is 0. The van der Waals surface area contributed by atoms with Gasteiger partial charge in [0.1, 0.15) is 5.65 Å². The Morgan fingerprint density at radius 2 is 1.61 bits per heavy atom. The van der Waals surface area contributed by atoms with Gasteiger partial charge >= 0.3 is 12.4 Å². The van der Waals surface area contributed by atoms with E-state index >= 15 is 0 Å². The minimum Gasteiger partial charge on any atom is -0.371 e. The van der Waals surface area contributed by atoms with E-state index in [0.29, 0.717) is 35.5 Å². The van der Waals surface area contributed by atoms with Crippen LogP contribution in [0.3, 0.4) is 0 Å². The lowest BCUT2D eigenvalue weighted by atomic mass is 10.0. The predicted octanol–water partition coefficient (Wildman–Crippen LogP) is 8.73. The number of hydrogen-bond acceptors (Lipinski definition) is 4. The number of H-pyrrole nitrogens is 1. The molecule has 4 aromatic rings. The van der Waals surface area contributed by atoms with E-state index in [1.807, 2.05) is 13.8 Å². The van der Waals surface area contributed by atoms with Crippen LogP contribution in [0.4, 0.5) is 32.0 Å². The highest BCUT2D eigenvalue weighted by Gasteiger charge is 2.35. The van der Waals surface area contributed by atoms with Crippen molar-refractivity contribution in [2.24, 2.45) is 0 Å². The Morgan fingerprint density at radius 3 is 2.20 bits per heavy atom. The molecule has 44 heavy (non-hydrogen) atoms. The number of carbonyl (C=O) groups excluding carboxylic acids is 1. The van der Waals surface area contributed by atoms with Crippen molar-refractivity contribution < 1.29 is 31.1 Å². The van der Waals surface area contributed by atoms with Gasteiger partial charge in [0.2, 0.25) is 5.91 Å². The zero-order chi connectivity index (χ0) is 32.8. The molecular formula is C32H35F6N5O. The van der Waals surface area contributed by atoms with Crippen LogP contribution in [0.15, 0.2) is 61.2 Å². The van der Waals surface area contributed by atoms with Crippen LogP contribution >= 0.6 is 0 Å². The Labute approximate surface area is 252 Å². The molecule has 0 atom stereocenters. The molecule has 0 saturated heterocycles. The van der Waals surface area contributed by atoms with Crippen molar-refractivity contribution in [3.05, 3.63) is 83.6 Å². The van der Waals surface area contributed by atoms with Crippen LogP contribution in [0.1, 0.15) is 56.5 Å². The number of hydrogen-bond donors (Lipinski definition) is 1. The van der Waals surface area contributed by atoms with E-state index in [-0.39, 0.29) is 22.6 Å². The van der Waals surface area contributed by atoms with Crippen LogP contribution < -0.4 is 4.90 Å². The van der Waals surface area contributed by atoms with Gasteiger partial charge in [-0.2, -0.15) is 26.3 Å². The summed E-state index contributed by atoms with van der Waals surface area (Å²) in [5.74, 6) is -0.118. The van der Waals surface area contributed by atoms with Crippen LogP contribution in [-0.4, -0.2) is 45.9 Å². The summed E-state index contributed by atoms with van der Waals surface area (Å²) in [5.41, 5.74) is 2.41. The number of anilines is 1. The number of carbonyl (C=O) groups is 1. The number of fused-ring (bicyclic) bond motifs is 1. The molecule has 12 heteroatoms. The van der Waals surface area contributed by atoms with Gasteiger partial charge in [-0.3, -0.25) is 9.78 Å². The number of aromatic amines is 1. The van der Waals surface area contributed by atoms with E-state index in [1.54, 1.807) is 62.5 Å². The number of benzene rings is 1. The largest absolute Gasteiger partial charge is 0.418 e. The molecule has 6 nitrogen and oxygen atoms in total. The van der Waals surface area contributed by atoms with Crippen molar-refractivity contribution in [3.63, 3.8) is 0 Å². The molecule has 3 aromatic heterocycles. The second kappa shape index (κ2) is 14.0. The molecule has 4 rings (SSSR count). The zero-order valence-corrected chi connectivity index (χ0v) is 25.4. The summed E-state index contributed by atoms with van der Waals surface area (Å²) in [6, 6.07) is 9.42. The van der Waals surface area contributed by atoms with Gasteiger partial charge in [-0.1, -0.05) is 18.6 Å². The number of pyridine rings is 2. The highest BCUT2D eigenvalue weighted by Crippen LogP contribution is 2.38. The molecule has 1 amide bonds. The van der Waals surface area contributed by atoms with Crippen molar-refractivity contribution in [1.82, 2.24) is 19.9 Å². The first kappa shape index (κ1) is 34.1. The fraction of sp³-hybridized carbons (Fsp3) is 0.344. The van der Waals surface area contributed by atoms with Crippen LogP contribution in [0.5, 0.6) is 0 Å². The third-order valence-corrected chi connectivity index (χ3v) is 6.89. The van der Waals surface area contributed by atoms with E-state index in [1.165, 1.54) is 30.2 Å². The van der Waals surface area contributed by atoms with Crippen molar-refractivity contribution >= 4 is 28.2 Å². The first-order valence-electron chi connectivity index (χ1n) is 13.9. The van der Waals surface area contributed by atoms with Gasteiger partial charge in [-0.15, -0.1) is 0 Å². The predicted molar refractivity (Wildman–Crippen MR) is 161 cm³/mol. The molecular weight excluding hydrogens is 584 g/mol. The Kier molecular flexibility index (Phi) is 10.8. The average Bonchev–Trinajstić information content (AvgIpc) is 3.40. The van der Waals surface area contributed by atoms with E-state index in [4.69, 9.17) is 0 Å². The third kappa shape index (κ3) is 8.39. The normalized spacial score (nSPS) is 12.1. The zero-order valence-electron chi connectivity index (χ0n) is 25.4. The van der Waals surface area contributed by atoms with E-state index in [0.717, 1.165) is 18.2 Å². The smallest absolute Gasteiger partial charge is 0.371 e. The van der Waals surface area contributed by atoms with Crippen LogP contribution in [0, 0.1) is 6.92 Å². The van der Waals surface area contributed by atoms with Gasteiger partial charge < -0.3 is 14.8 Å². The van der Waals surface area contributed by atoms with Crippen molar-refractivity contribution in [2.45, 2.75) is 53.4 Å². The average molecular weight is 620 g/mol. The molecule has 0 aliphatic rings. The molecule has 0 bridgehead atoms.